The first-order valence-corrected chi connectivity index (χ1v) is 9.04. The standard InChI is InChI=1S/C20H19FN6O2/c1-11(2)27(3)20-23-15-8-7-14(10-16(15)24-20)22-18(28)19-25-17(26-29-19)12-5-4-6-13(21)9-12/h4-11H,1-3H3,(H,22,28)(H,23,24). The number of nitrogens with one attached hydrogen (secondary N) is 2. The predicted molar refractivity (Wildman–Crippen MR) is 107 cm³/mol. The van der Waals surface area contributed by atoms with Crippen LogP contribution in [0.5, 0.6) is 0 Å². The van der Waals surface area contributed by atoms with E-state index in [0.29, 0.717) is 17.3 Å². The Kier molecular flexibility index (Phi) is 4.71. The number of rotatable bonds is 5. The van der Waals surface area contributed by atoms with Crippen LogP contribution in [0.2, 0.25) is 0 Å². The number of nitrogens with zero attached hydrogens (tertiary/aromatic N) is 4. The highest BCUT2D eigenvalue weighted by molar-refractivity contribution is 6.02. The quantitative estimate of drug-likeness (QED) is 0.533. The molecule has 2 heterocycles. The number of anilines is 2. The van der Waals surface area contributed by atoms with Crippen LogP contribution >= 0.6 is 0 Å². The topological polar surface area (TPSA) is 99.9 Å². The lowest BCUT2D eigenvalue weighted by molar-refractivity contribution is 0.0981. The van der Waals surface area contributed by atoms with Gasteiger partial charge in [0, 0.05) is 24.3 Å². The molecule has 0 spiro atoms. The molecule has 0 fully saturated rings. The number of carbonyl (C=O) groups is 1. The lowest BCUT2D eigenvalue weighted by Crippen LogP contribution is -2.26. The molecule has 29 heavy (non-hydrogen) atoms. The van der Waals surface area contributed by atoms with Crippen molar-refractivity contribution in [3.63, 3.8) is 0 Å². The molecule has 8 nitrogen and oxygen atoms in total. The summed E-state index contributed by atoms with van der Waals surface area (Å²) in [5, 5.41) is 6.46. The van der Waals surface area contributed by atoms with Crippen LogP contribution in [-0.4, -0.2) is 39.1 Å². The van der Waals surface area contributed by atoms with E-state index in [-0.39, 0.29) is 11.7 Å². The summed E-state index contributed by atoms with van der Waals surface area (Å²) in [7, 11) is 1.96. The van der Waals surface area contributed by atoms with Crippen molar-refractivity contribution in [3.05, 3.63) is 54.2 Å². The van der Waals surface area contributed by atoms with Gasteiger partial charge in [-0.25, -0.2) is 9.37 Å². The Morgan fingerprint density at radius 2 is 2.03 bits per heavy atom. The molecule has 0 saturated carbocycles. The smallest absolute Gasteiger partial charge is 0.316 e. The molecule has 9 heteroatoms. The third-order valence-electron chi connectivity index (χ3n) is 4.54. The van der Waals surface area contributed by atoms with Crippen molar-refractivity contribution in [1.82, 2.24) is 20.1 Å². The molecule has 4 rings (SSSR count). The number of aromatic nitrogens is 4. The number of fused-ring (bicyclic) bond motifs is 1. The van der Waals surface area contributed by atoms with Gasteiger partial charge in [-0.3, -0.25) is 4.79 Å². The molecule has 0 aliphatic heterocycles. The number of benzene rings is 2. The van der Waals surface area contributed by atoms with Crippen molar-refractivity contribution in [2.45, 2.75) is 19.9 Å². The van der Waals surface area contributed by atoms with Crippen molar-refractivity contribution >= 4 is 28.6 Å². The van der Waals surface area contributed by atoms with Gasteiger partial charge in [0.2, 0.25) is 11.8 Å². The van der Waals surface area contributed by atoms with Crippen LogP contribution in [0, 0.1) is 5.82 Å². The first-order chi connectivity index (χ1) is 13.9. The third kappa shape index (κ3) is 3.79. The van der Waals surface area contributed by atoms with E-state index in [0.717, 1.165) is 17.0 Å². The van der Waals surface area contributed by atoms with Gasteiger partial charge in [0.15, 0.2) is 0 Å². The summed E-state index contributed by atoms with van der Waals surface area (Å²) in [5.74, 6) is -0.309. The Labute approximate surface area is 165 Å². The second-order valence-corrected chi connectivity index (χ2v) is 6.88. The Hall–Kier alpha value is -3.75. The number of imidazole rings is 1. The van der Waals surface area contributed by atoms with Gasteiger partial charge in [-0.2, -0.15) is 4.98 Å². The Morgan fingerprint density at radius 3 is 2.79 bits per heavy atom. The zero-order valence-corrected chi connectivity index (χ0v) is 16.1. The minimum atomic E-state index is -0.557. The summed E-state index contributed by atoms with van der Waals surface area (Å²) in [6.07, 6.45) is 0. The fourth-order valence-corrected chi connectivity index (χ4v) is 2.73. The summed E-state index contributed by atoms with van der Waals surface area (Å²) in [4.78, 5) is 26.3. The monoisotopic (exact) mass is 394 g/mol. The number of carbonyl (C=O) groups excluding carboxylic acids is 1. The first-order valence-electron chi connectivity index (χ1n) is 9.04. The van der Waals surface area contributed by atoms with Crippen LogP contribution in [0.1, 0.15) is 24.5 Å². The first kappa shape index (κ1) is 18.6. The van der Waals surface area contributed by atoms with E-state index in [1.807, 2.05) is 18.0 Å². The van der Waals surface area contributed by atoms with E-state index >= 15 is 0 Å². The van der Waals surface area contributed by atoms with Crippen LogP contribution in [0.3, 0.4) is 0 Å². The largest absolute Gasteiger partial charge is 0.343 e. The van der Waals surface area contributed by atoms with Crippen LogP contribution in [0.4, 0.5) is 16.0 Å². The maximum atomic E-state index is 13.4. The molecule has 2 N–H and O–H groups in total. The van der Waals surface area contributed by atoms with Crippen molar-refractivity contribution in [3.8, 4) is 11.4 Å². The number of halogens is 1. The lowest BCUT2D eigenvalue weighted by Gasteiger charge is -2.19. The van der Waals surface area contributed by atoms with E-state index in [1.165, 1.54) is 18.2 Å². The SMILES string of the molecule is CC(C)N(C)c1nc2ccc(NC(=O)c3nc(-c4cccc(F)c4)no3)cc2[nH]1. The van der Waals surface area contributed by atoms with Crippen molar-refractivity contribution in [1.29, 1.82) is 0 Å². The molecule has 0 aliphatic carbocycles. The Morgan fingerprint density at radius 1 is 1.21 bits per heavy atom. The fourth-order valence-electron chi connectivity index (χ4n) is 2.73. The molecular formula is C20H19FN6O2. The van der Waals surface area contributed by atoms with Gasteiger partial charge in [0.05, 0.1) is 11.0 Å². The van der Waals surface area contributed by atoms with Crippen LogP contribution in [0.15, 0.2) is 47.0 Å². The molecule has 0 atom stereocenters. The fraction of sp³-hybridized carbons (Fsp3) is 0.200. The molecule has 4 aromatic rings. The summed E-state index contributed by atoms with van der Waals surface area (Å²) >= 11 is 0. The second kappa shape index (κ2) is 7.34. The minimum absolute atomic E-state index is 0.139. The average molecular weight is 394 g/mol. The van der Waals surface area contributed by atoms with Crippen LogP contribution < -0.4 is 10.2 Å². The van der Waals surface area contributed by atoms with Gasteiger partial charge >= 0.3 is 11.8 Å². The molecule has 0 radical (unpaired) electrons. The van der Waals surface area contributed by atoms with Gasteiger partial charge in [0.25, 0.3) is 0 Å². The highest BCUT2D eigenvalue weighted by Gasteiger charge is 2.17. The molecule has 0 unspecified atom stereocenters. The zero-order chi connectivity index (χ0) is 20.5. The van der Waals surface area contributed by atoms with E-state index < -0.39 is 11.7 Å². The highest BCUT2D eigenvalue weighted by Crippen LogP contribution is 2.22. The maximum Gasteiger partial charge on any atom is 0.316 e. The number of aromatic amines is 1. The van der Waals surface area contributed by atoms with Gasteiger partial charge in [-0.15, -0.1) is 0 Å². The van der Waals surface area contributed by atoms with E-state index in [1.54, 1.807) is 18.2 Å². The van der Waals surface area contributed by atoms with E-state index in [4.69, 9.17) is 4.52 Å². The second-order valence-electron chi connectivity index (χ2n) is 6.88. The summed E-state index contributed by atoms with van der Waals surface area (Å²) in [6.45, 7) is 4.14. The van der Waals surface area contributed by atoms with Crippen LogP contribution in [0.25, 0.3) is 22.4 Å². The summed E-state index contributed by atoms with van der Waals surface area (Å²) < 4.78 is 18.4. The highest BCUT2D eigenvalue weighted by atomic mass is 19.1. The lowest BCUT2D eigenvalue weighted by atomic mass is 10.2. The van der Waals surface area contributed by atoms with Gasteiger partial charge in [0.1, 0.15) is 5.82 Å². The number of H-pyrrole nitrogens is 1. The summed E-state index contributed by atoms with van der Waals surface area (Å²) in [6, 6.07) is 11.4. The van der Waals surface area contributed by atoms with Gasteiger partial charge in [-0.05, 0) is 44.2 Å². The predicted octanol–water partition coefficient (Wildman–Crippen LogP) is 3.85. The molecule has 0 aliphatic rings. The molecule has 0 saturated heterocycles. The normalized spacial score (nSPS) is 11.2. The molecule has 148 valence electrons. The minimum Gasteiger partial charge on any atom is -0.343 e. The number of hydrogen-bond acceptors (Lipinski definition) is 6. The maximum absolute atomic E-state index is 13.4. The van der Waals surface area contributed by atoms with Gasteiger partial charge in [-0.1, -0.05) is 17.3 Å². The van der Waals surface area contributed by atoms with Gasteiger partial charge < -0.3 is 19.7 Å². The van der Waals surface area contributed by atoms with E-state index in [2.05, 4.69) is 39.3 Å². The molecular weight excluding hydrogens is 375 g/mol. The molecule has 2 aromatic heterocycles. The summed E-state index contributed by atoms with van der Waals surface area (Å²) in [5.41, 5.74) is 2.55. The third-order valence-corrected chi connectivity index (χ3v) is 4.54. The Bertz CT molecular complexity index is 1180. The molecule has 2 aromatic carbocycles. The Balaban J connectivity index is 1.53. The number of amides is 1. The van der Waals surface area contributed by atoms with Crippen molar-refractivity contribution in [2.75, 3.05) is 17.3 Å². The van der Waals surface area contributed by atoms with Crippen LogP contribution in [-0.2, 0) is 0 Å². The zero-order valence-electron chi connectivity index (χ0n) is 16.1. The van der Waals surface area contributed by atoms with Crippen molar-refractivity contribution < 1.29 is 13.7 Å². The average Bonchev–Trinajstić information content (AvgIpc) is 3.34. The number of hydrogen-bond donors (Lipinski definition) is 2. The molecule has 1 amide bonds. The van der Waals surface area contributed by atoms with E-state index in [9.17, 15) is 9.18 Å². The van der Waals surface area contributed by atoms with Crippen molar-refractivity contribution in [2.24, 2.45) is 0 Å². The molecule has 0 bridgehead atoms.